The van der Waals surface area contributed by atoms with Crippen molar-refractivity contribution in [3.05, 3.63) is 58.4 Å². The first kappa shape index (κ1) is 23.8. The molecular weight excluding hydrogens is 469 g/mol. The lowest BCUT2D eigenvalue weighted by Gasteiger charge is -2.35. The summed E-state index contributed by atoms with van der Waals surface area (Å²) < 4.78 is 16.4. The molecule has 192 valence electrons. The van der Waals surface area contributed by atoms with Crippen LogP contribution < -0.4 is 4.90 Å². The van der Waals surface area contributed by atoms with Crippen molar-refractivity contribution in [2.75, 3.05) is 24.5 Å². The van der Waals surface area contributed by atoms with Crippen LogP contribution in [0.5, 0.6) is 0 Å². The monoisotopic (exact) mass is 501 g/mol. The molecule has 0 radical (unpaired) electrons. The van der Waals surface area contributed by atoms with Crippen LogP contribution in [0.15, 0.2) is 24.4 Å². The van der Waals surface area contributed by atoms with Crippen LogP contribution in [0.1, 0.15) is 71.7 Å². The summed E-state index contributed by atoms with van der Waals surface area (Å²) in [6.07, 6.45) is 5.88. The molecule has 37 heavy (non-hydrogen) atoms. The molecule has 0 spiro atoms. The second kappa shape index (κ2) is 9.04. The number of aromatic nitrogens is 5. The van der Waals surface area contributed by atoms with Crippen LogP contribution in [0.2, 0.25) is 0 Å². The van der Waals surface area contributed by atoms with E-state index in [0.717, 1.165) is 66.5 Å². The van der Waals surface area contributed by atoms with E-state index in [1.165, 1.54) is 18.6 Å². The van der Waals surface area contributed by atoms with Gasteiger partial charge in [0, 0.05) is 43.5 Å². The van der Waals surface area contributed by atoms with Gasteiger partial charge in [-0.15, -0.1) is 0 Å². The molecule has 2 aliphatic heterocycles. The Kier molecular flexibility index (Phi) is 5.81. The fourth-order valence-electron chi connectivity index (χ4n) is 5.73. The smallest absolute Gasteiger partial charge is 0.256 e. The van der Waals surface area contributed by atoms with Crippen molar-refractivity contribution in [3.8, 4) is 0 Å². The molecule has 2 saturated heterocycles. The summed E-state index contributed by atoms with van der Waals surface area (Å²) in [5.74, 6) is 0.948. The van der Waals surface area contributed by atoms with Gasteiger partial charge in [0.2, 0.25) is 0 Å². The number of rotatable bonds is 3. The van der Waals surface area contributed by atoms with Gasteiger partial charge in [-0.2, -0.15) is 5.10 Å². The van der Waals surface area contributed by atoms with Gasteiger partial charge in [-0.3, -0.25) is 4.79 Å². The molecule has 3 aromatic heterocycles. The summed E-state index contributed by atoms with van der Waals surface area (Å²) in [6.45, 7) is 10.6. The van der Waals surface area contributed by atoms with Crippen molar-refractivity contribution in [3.63, 3.8) is 0 Å². The fraction of sp³-hybridized carbons (Fsp3) is 0.464. The minimum absolute atomic E-state index is 0.212. The van der Waals surface area contributed by atoms with Crippen LogP contribution in [0.3, 0.4) is 0 Å². The Balaban J connectivity index is 1.38. The Hall–Kier alpha value is -3.62. The summed E-state index contributed by atoms with van der Waals surface area (Å²) in [6, 6.07) is 4.41. The summed E-state index contributed by atoms with van der Waals surface area (Å²) in [7, 11) is 0. The van der Waals surface area contributed by atoms with Crippen molar-refractivity contribution >= 4 is 28.4 Å². The van der Waals surface area contributed by atoms with Gasteiger partial charge in [-0.25, -0.2) is 23.9 Å². The van der Waals surface area contributed by atoms with Crippen LogP contribution in [-0.2, 0) is 0 Å². The van der Waals surface area contributed by atoms with Crippen molar-refractivity contribution < 1.29 is 9.18 Å². The van der Waals surface area contributed by atoms with Gasteiger partial charge in [0.05, 0.1) is 34.2 Å². The van der Waals surface area contributed by atoms with Crippen molar-refractivity contribution in [2.24, 2.45) is 5.92 Å². The largest absolute Gasteiger partial charge is 0.356 e. The molecule has 2 fully saturated rings. The van der Waals surface area contributed by atoms with E-state index in [4.69, 9.17) is 10.1 Å². The molecule has 2 atom stereocenters. The van der Waals surface area contributed by atoms with Gasteiger partial charge < -0.3 is 9.80 Å². The Morgan fingerprint density at radius 2 is 1.81 bits per heavy atom. The second-order valence-electron chi connectivity index (χ2n) is 10.7. The molecule has 6 rings (SSSR count). The molecule has 1 aromatic carbocycles. The first-order valence-electron chi connectivity index (χ1n) is 13.2. The molecule has 0 aliphatic carbocycles. The van der Waals surface area contributed by atoms with E-state index in [1.54, 1.807) is 0 Å². The number of hydrogen-bond donors (Lipinski definition) is 0. The number of halogens is 1. The predicted molar refractivity (Wildman–Crippen MR) is 140 cm³/mol. The van der Waals surface area contributed by atoms with E-state index in [0.29, 0.717) is 23.5 Å². The number of likely N-dealkylation sites (tertiary alicyclic amines) is 1. The third kappa shape index (κ3) is 4.20. The van der Waals surface area contributed by atoms with Crippen LogP contribution >= 0.6 is 0 Å². The highest BCUT2D eigenvalue weighted by Gasteiger charge is 2.32. The Bertz CT molecular complexity index is 1530. The van der Waals surface area contributed by atoms with E-state index in [-0.39, 0.29) is 17.5 Å². The van der Waals surface area contributed by atoms with E-state index < -0.39 is 5.82 Å². The normalized spacial score (nSPS) is 20.4. The zero-order valence-electron chi connectivity index (χ0n) is 21.8. The van der Waals surface area contributed by atoms with E-state index in [9.17, 15) is 9.18 Å². The van der Waals surface area contributed by atoms with Gasteiger partial charge in [0.15, 0.2) is 5.65 Å². The molecule has 2 aliphatic rings. The summed E-state index contributed by atoms with van der Waals surface area (Å²) in [4.78, 5) is 32.1. The lowest BCUT2D eigenvalue weighted by molar-refractivity contribution is 0.0607. The zero-order chi connectivity index (χ0) is 25.8. The highest BCUT2D eigenvalue weighted by atomic mass is 19.1. The minimum Gasteiger partial charge on any atom is -0.356 e. The first-order chi connectivity index (χ1) is 17.8. The van der Waals surface area contributed by atoms with Crippen LogP contribution in [0, 0.1) is 32.5 Å². The lowest BCUT2D eigenvalue weighted by Crippen LogP contribution is -2.39. The summed E-state index contributed by atoms with van der Waals surface area (Å²) in [5.41, 5.74) is 5.22. The molecule has 0 unspecified atom stereocenters. The molecular formula is C28H32FN7O. The number of carbonyl (C=O) groups excluding carboxylic acids is 1. The summed E-state index contributed by atoms with van der Waals surface area (Å²) >= 11 is 0. The Morgan fingerprint density at radius 3 is 2.59 bits per heavy atom. The molecule has 0 bridgehead atoms. The third-order valence-electron chi connectivity index (χ3n) is 7.83. The molecule has 0 N–H and O–H groups in total. The number of benzene rings is 1. The second-order valence-corrected chi connectivity index (χ2v) is 10.7. The van der Waals surface area contributed by atoms with Crippen LogP contribution in [0.25, 0.3) is 16.7 Å². The average molecular weight is 502 g/mol. The number of hydrogen-bond acceptors (Lipinski definition) is 6. The maximum Gasteiger partial charge on any atom is 0.256 e. The van der Waals surface area contributed by atoms with Gasteiger partial charge in [0.1, 0.15) is 17.2 Å². The van der Waals surface area contributed by atoms with Crippen LogP contribution in [-0.4, -0.2) is 55.0 Å². The van der Waals surface area contributed by atoms with Gasteiger partial charge in [-0.05, 0) is 58.4 Å². The average Bonchev–Trinajstić information content (AvgIpc) is 3.49. The Labute approximate surface area is 215 Å². The standard InChI is InChI=1S/C28H32FN7O/c1-16-8-10-34(14-16)27-17(2)15-36-25(32-27)13-22(33-36)24-7-5-6-9-35(24)28(37)21-11-20(29)12-23-26(21)31-19(4)18(3)30-23/h11-13,15-16,24H,5-10,14H2,1-4H3/t16-,24-/m0/s1. The molecule has 0 saturated carbocycles. The lowest BCUT2D eigenvalue weighted by atomic mass is 9.97. The maximum absolute atomic E-state index is 14.6. The number of piperidine rings is 1. The maximum atomic E-state index is 14.6. The minimum atomic E-state index is -0.488. The quantitative estimate of drug-likeness (QED) is 0.395. The first-order valence-corrected chi connectivity index (χ1v) is 13.2. The number of carbonyl (C=O) groups is 1. The van der Waals surface area contributed by atoms with Gasteiger partial charge >= 0.3 is 0 Å². The van der Waals surface area contributed by atoms with E-state index >= 15 is 0 Å². The highest BCUT2D eigenvalue weighted by molar-refractivity contribution is 6.05. The molecule has 1 amide bonds. The molecule has 9 heteroatoms. The van der Waals surface area contributed by atoms with Crippen molar-refractivity contribution in [2.45, 2.75) is 59.4 Å². The van der Waals surface area contributed by atoms with Crippen molar-refractivity contribution in [1.82, 2.24) is 29.5 Å². The number of anilines is 1. The topological polar surface area (TPSA) is 79.5 Å². The number of nitrogens with zero attached hydrogens (tertiary/aromatic N) is 7. The zero-order valence-corrected chi connectivity index (χ0v) is 21.8. The number of fused-ring (bicyclic) bond motifs is 2. The van der Waals surface area contributed by atoms with Gasteiger partial charge in [-0.1, -0.05) is 6.92 Å². The molecule has 8 nitrogen and oxygen atoms in total. The fourth-order valence-corrected chi connectivity index (χ4v) is 5.73. The van der Waals surface area contributed by atoms with Crippen LogP contribution in [0.4, 0.5) is 10.2 Å². The molecule has 4 aromatic rings. The predicted octanol–water partition coefficient (Wildman–Crippen LogP) is 4.95. The van der Waals surface area contributed by atoms with Crippen molar-refractivity contribution in [1.29, 1.82) is 0 Å². The van der Waals surface area contributed by atoms with E-state index in [1.807, 2.05) is 35.5 Å². The SMILES string of the molecule is Cc1cn2nc([C@@H]3CCCCN3C(=O)c3cc(F)cc4nc(C)c(C)nc34)cc2nc1N1CC[C@H](C)C1. The molecule has 5 heterocycles. The van der Waals surface area contributed by atoms with E-state index in [2.05, 4.69) is 28.7 Å². The number of aryl methyl sites for hydroxylation is 3. The number of amides is 1. The highest BCUT2D eigenvalue weighted by Crippen LogP contribution is 2.34. The van der Waals surface area contributed by atoms with Gasteiger partial charge in [0.25, 0.3) is 5.91 Å². The Morgan fingerprint density at radius 1 is 1.00 bits per heavy atom. The third-order valence-corrected chi connectivity index (χ3v) is 7.83. The summed E-state index contributed by atoms with van der Waals surface area (Å²) in [5, 5.41) is 4.85.